The molecule has 0 bridgehead atoms. The Bertz CT molecular complexity index is 571. The predicted molar refractivity (Wildman–Crippen MR) is 88.5 cm³/mol. The van der Waals surface area contributed by atoms with Crippen LogP contribution in [0.4, 0.5) is 0 Å². The van der Waals surface area contributed by atoms with E-state index < -0.39 is 6.10 Å². The predicted octanol–water partition coefficient (Wildman–Crippen LogP) is 3.84. The summed E-state index contributed by atoms with van der Waals surface area (Å²) in [6, 6.07) is 15.9. The topological polar surface area (TPSA) is 41.5 Å². The highest BCUT2D eigenvalue weighted by Gasteiger charge is 2.11. The zero-order valence-corrected chi connectivity index (χ0v) is 13.8. The van der Waals surface area contributed by atoms with Gasteiger partial charge in [0.2, 0.25) is 0 Å². The first kappa shape index (κ1) is 16.0. The molecule has 0 amide bonds. The Labute approximate surface area is 134 Å². The molecule has 0 saturated carbocycles. The fraction of sp³-hybridized carbons (Fsp3) is 0.294. The molecule has 2 N–H and O–H groups in total. The maximum Gasteiger partial charge on any atom is 0.119 e. The lowest BCUT2D eigenvalue weighted by Gasteiger charge is -2.18. The van der Waals surface area contributed by atoms with E-state index in [1.807, 2.05) is 36.4 Å². The first-order valence-electron chi connectivity index (χ1n) is 6.91. The van der Waals surface area contributed by atoms with E-state index in [1.165, 1.54) is 5.56 Å². The van der Waals surface area contributed by atoms with Gasteiger partial charge in [-0.3, -0.25) is 0 Å². The number of aliphatic hydroxyl groups is 1. The average molecular weight is 350 g/mol. The quantitative estimate of drug-likeness (QED) is 0.832. The Hall–Kier alpha value is -1.36. The second-order valence-electron chi connectivity index (χ2n) is 4.97. The van der Waals surface area contributed by atoms with E-state index in [0.29, 0.717) is 6.54 Å². The van der Waals surface area contributed by atoms with Gasteiger partial charge in [0.05, 0.1) is 13.2 Å². The number of ether oxygens (including phenoxy) is 1. The third-order valence-electron chi connectivity index (χ3n) is 3.47. The molecule has 0 saturated heterocycles. The van der Waals surface area contributed by atoms with Crippen molar-refractivity contribution < 1.29 is 9.84 Å². The summed E-state index contributed by atoms with van der Waals surface area (Å²) in [4.78, 5) is 0. The van der Waals surface area contributed by atoms with Crippen molar-refractivity contribution in [2.24, 2.45) is 0 Å². The number of halogens is 1. The standard InChI is InChI=1S/C17H20BrNO2/c1-12(13-6-8-15(18)9-7-13)19-11-17(20)14-4-3-5-16(10-14)21-2/h3-10,12,17,19-20H,11H2,1-2H3/t12-,17?/m0/s1. The molecule has 21 heavy (non-hydrogen) atoms. The van der Waals surface area contributed by atoms with Crippen molar-refractivity contribution in [2.75, 3.05) is 13.7 Å². The van der Waals surface area contributed by atoms with Gasteiger partial charge < -0.3 is 15.2 Å². The van der Waals surface area contributed by atoms with Crippen molar-refractivity contribution in [3.05, 3.63) is 64.1 Å². The van der Waals surface area contributed by atoms with Gasteiger partial charge in [0.15, 0.2) is 0 Å². The number of hydrogen-bond donors (Lipinski definition) is 2. The highest BCUT2D eigenvalue weighted by molar-refractivity contribution is 9.10. The summed E-state index contributed by atoms with van der Waals surface area (Å²) in [5, 5.41) is 13.6. The van der Waals surface area contributed by atoms with Gasteiger partial charge in [0.25, 0.3) is 0 Å². The van der Waals surface area contributed by atoms with Gasteiger partial charge in [-0.1, -0.05) is 40.2 Å². The van der Waals surface area contributed by atoms with Gasteiger partial charge in [-0.15, -0.1) is 0 Å². The van der Waals surface area contributed by atoms with Gasteiger partial charge >= 0.3 is 0 Å². The van der Waals surface area contributed by atoms with E-state index in [1.54, 1.807) is 7.11 Å². The maximum atomic E-state index is 10.3. The van der Waals surface area contributed by atoms with Crippen LogP contribution in [-0.2, 0) is 0 Å². The molecule has 2 aromatic carbocycles. The molecule has 112 valence electrons. The molecular formula is C17H20BrNO2. The summed E-state index contributed by atoms with van der Waals surface area (Å²) in [5.74, 6) is 0.757. The summed E-state index contributed by atoms with van der Waals surface area (Å²) >= 11 is 3.43. The number of benzene rings is 2. The molecule has 0 aromatic heterocycles. The molecule has 2 aromatic rings. The minimum absolute atomic E-state index is 0.179. The SMILES string of the molecule is COc1cccc(C(O)CN[C@@H](C)c2ccc(Br)cc2)c1. The summed E-state index contributed by atoms with van der Waals surface area (Å²) in [5.41, 5.74) is 2.04. The van der Waals surface area contributed by atoms with Crippen molar-refractivity contribution in [3.8, 4) is 5.75 Å². The largest absolute Gasteiger partial charge is 0.497 e. The van der Waals surface area contributed by atoms with Gasteiger partial charge in [0.1, 0.15) is 5.75 Å². The highest BCUT2D eigenvalue weighted by Crippen LogP contribution is 2.20. The van der Waals surface area contributed by atoms with E-state index in [2.05, 4.69) is 40.3 Å². The lowest BCUT2D eigenvalue weighted by Crippen LogP contribution is -2.24. The van der Waals surface area contributed by atoms with Crippen LogP contribution in [-0.4, -0.2) is 18.8 Å². The third-order valence-corrected chi connectivity index (χ3v) is 3.99. The molecular weight excluding hydrogens is 330 g/mol. The molecule has 0 heterocycles. The number of hydrogen-bond acceptors (Lipinski definition) is 3. The van der Waals surface area contributed by atoms with Crippen LogP contribution in [0.15, 0.2) is 53.0 Å². The number of rotatable bonds is 6. The van der Waals surface area contributed by atoms with E-state index in [9.17, 15) is 5.11 Å². The number of nitrogens with one attached hydrogen (secondary N) is 1. The molecule has 0 aliphatic heterocycles. The van der Waals surface area contributed by atoms with Crippen molar-refractivity contribution in [3.63, 3.8) is 0 Å². The molecule has 3 nitrogen and oxygen atoms in total. The van der Waals surface area contributed by atoms with E-state index in [0.717, 1.165) is 15.8 Å². The Kier molecular flexibility index (Phi) is 5.79. The maximum absolute atomic E-state index is 10.3. The van der Waals surface area contributed by atoms with Crippen molar-refractivity contribution in [1.82, 2.24) is 5.32 Å². The minimum Gasteiger partial charge on any atom is -0.497 e. The molecule has 0 aliphatic carbocycles. The lowest BCUT2D eigenvalue weighted by atomic mass is 10.1. The summed E-state index contributed by atoms with van der Waals surface area (Å²) in [7, 11) is 1.62. The molecule has 2 atom stereocenters. The second-order valence-corrected chi connectivity index (χ2v) is 5.89. The lowest BCUT2D eigenvalue weighted by molar-refractivity contribution is 0.170. The molecule has 0 radical (unpaired) electrons. The molecule has 4 heteroatoms. The summed E-state index contributed by atoms with van der Waals surface area (Å²) in [6.07, 6.45) is -0.557. The molecule has 0 spiro atoms. The first-order valence-corrected chi connectivity index (χ1v) is 7.70. The van der Waals surface area contributed by atoms with Crippen molar-refractivity contribution in [1.29, 1.82) is 0 Å². The van der Waals surface area contributed by atoms with Crippen LogP contribution in [0.25, 0.3) is 0 Å². The Morgan fingerprint density at radius 3 is 2.52 bits per heavy atom. The van der Waals surface area contributed by atoms with E-state index in [-0.39, 0.29) is 6.04 Å². The second kappa shape index (κ2) is 7.59. The van der Waals surface area contributed by atoms with Crippen LogP contribution in [0.5, 0.6) is 5.75 Å². The average Bonchev–Trinajstić information content (AvgIpc) is 2.53. The van der Waals surface area contributed by atoms with Gasteiger partial charge in [-0.05, 0) is 42.3 Å². The first-order chi connectivity index (χ1) is 10.1. The molecule has 0 fully saturated rings. The van der Waals surface area contributed by atoms with Crippen LogP contribution < -0.4 is 10.1 Å². The zero-order chi connectivity index (χ0) is 15.2. The fourth-order valence-electron chi connectivity index (χ4n) is 2.12. The summed E-state index contributed by atoms with van der Waals surface area (Å²) in [6.45, 7) is 2.58. The van der Waals surface area contributed by atoms with Gasteiger partial charge in [-0.25, -0.2) is 0 Å². The molecule has 2 rings (SSSR count). The zero-order valence-electron chi connectivity index (χ0n) is 12.2. The fourth-order valence-corrected chi connectivity index (χ4v) is 2.39. The van der Waals surface area contributed by atoms with Crippen molar-refractivity contribution in [2.45, 2.75) is 19.1 Å². The Balaban J connectivity index is 1.93. The van der Waals surface area contributed by atoms with Crippen LogP contribution in [0.1, 0.15) is 30.2 Å². The van der Waals surface area contributed by atoms with E-state index >= 15 is 0 Å². The number of aliphatic hydroxyl groups excluding tert-OH is 1. The van der Waals surface area contributed by atoms with Crippen LogP contribution in [0, 0.1) is 0 Å². The normalized spacial score (nSPS) is 13.7. The third kappa shape index (κ3) is 4.56. The van der Waals surface area contributed by atoms with E-state index in [4.69, 9.17) is 4.74 Å². The van der Waals surface area contributed by atoms with Gasteiger partial charge in [0, 0.05) is 17.1 Å². The monoisotopic (exact) mass is 349 g/mol. The van der Waals surface area contributed by atoms with Crippen LogP contribution in [0.3, 0.4) is 0 Å². The molecule has 0 aliphatic rings. The highest BCUT2D eigenvalue weighted by atomic mass is 79.9. The number of methoxy groups -OCH3 is 1. The Morgan fingerprint density at radius 1 is 1.14 bits per heavy atom. The van der Waals surface area contributed by atoms with Gasteiger partial charge in [-0.2, -0.15) is 0 Å². The van der Waals surface area contributed by atoms with Crippen LogP contribution >= 0.6 is 15.9 Å². The summed E-state index contributed by atoms with van der Waals surface area (Å²) < 4.78 is 6.24. The Morgan fingerprint density at radius 2 is 1.86 bits per heavy atom. The minimum atomic E-state index is -0.557. The van der Waals surface area contributed by atoms with Crippen molar-refractivity contribution >= 4 is 15.9 Å². The van der Waals surface area contributed by atoms with Crippen LogP contribution in [0.2, 0.25) is 0 Å². The molecule has 1 unspecified atom stereocenters. The smallest absolute Gasteiger partial charge is 0.119 e.